The Morgan fingerprint density at radius 3 is 2.84 bits per heavy atom. The van der Waals surface area contributed by atoms with Gasteiger partial charge in [-0.3, -0.25) is 0 Å². The zero-order valence-electron chi connectivity index (χ0n) is 14.5. The molecular formula is C20H24ClN3O. The summed E-state index contributed by atoms with van der Waals surface area (Å²) in [5.74, 6) is 0. The van der Waals surface area contributed by atoms with Crippen LogP contribution in [0.4, 0.5) is 5.69 Å². The fourth-order valence-electron chi connectivity index (χ4n) is 3.95. The number of pyridine rings is 1. The van der Waals surface area contributed by atoms with Crippen LogP contribution >= 0.6 is 11.6 Å². The van der Waals surface area contributed by atoms with Gasteiger partial charge in [-0.25, -0.2) is 4.98 Å². The Morgan fingerprint density at radius 2 is 2.00 bits per heavy atom. The minimum absolute atomic E-state index is 0.269. The number of morpholine rings is 1. The molecule has 0 amide bonds. The summed E-state index contributed by atoms with van der Waals surface area (Å²) >= 11 is 6.03. The van der Waals surface area contributed by atoms with E-state index in [0.717, 1.165) is 44.8 Å². The Bertz CT molecular complexity index is 745. The summed E-state index contributed by atoms with van der Waals surface area (Å²) in [6.07, 6.45) is 2.07. The summed E-state index contributed by atoms with van der Waals surface area (Å²) in [6.45, 7) is 5.77. The van der Waals surface area contributed by atoms with E-state index in [1.807, 2.05) is 6.07 Å². The summed E-state index contributed by atoms with van der Waals surface area (Å²) in [4.78, 5) is 6.91. The van der Waals surface area contributed by atoms with Gasteiger partial charge in [0.2, 0.25) is 0 Å². The maximum atomic E-state index is 6.03. The number of benzene rings is 1. The number of hydrogen-bond acceptors (Lipinski definition) is 4. The number of para-hydroxylation sites is 1. The molecule has 5 heteroatoms. The first-order valence-corrected chi connectivity index (χ1v) is 9.43. The molecule has 0 bridgehead atoms. The van der Waals surface area contributed by atoms with Crippen LogP contribution in [0.25, 0.3) is 0 Å². The number of aryl methyl sites for hydroxylation is 1. The molecular weight excluding hydrogens is 334 g/mol. The molecule has 0 radical (unpaired) electrons. The highest BCUT2D eigenvalue weighted by Gasteiger charge is 2.26. The van der Waals surface area contributed by atoms with E-state index in [1.54, 1.807) is 0 Å². The Morgan fingerprint density at radius 1 is 1.20 bits per heavy atom. The Balaban J connectivity index is 1.54. The van der Waals surface area contributed by atoms with Crippen molar-refractivity contribution >= 4 is 17.3 Å². The standard InChI is InChI=1S/C20H24ClN3O/c1-14(22-17-7-8-18-16(17)6-9-20(21)23-18)15-4-2-3-5-19(15)24-10-12-25-13-11-24/h2-6,9,14,17,22H,7-8,10-13H2,1H3. The van der Waals surface area contributed by atoms with Crippen molar-refractivity contribution in [2.75, 3.05) is 31.2 Å². The van der Waals surface area contributed by atoms with Crippen LogP contribution in [0.2, 0.25) is 5.15 Å². The normalized spacial score (nSPS) is 21.2. The number of fused-ring (bicyclic) bond motifs is 1. The molecule has 0 spiro atoms. The first-order valence-electron chi connectivity index (χ1n) is 9.05. The lowest BCUT2D eigenvalue weighted by molar-refractivity contribution is 0.122. The third kappa shape index (κ3) is 3.52. The molecule has 2 unspecified atom stereocenters. The average Bonchev–Trinajstić information content (AvgIpc) is 3.04. The molecule has 2 heterocycles. The van der Waals surface area contributed by atoms with Gasteiger partial charge in [0.25, 0.3) is 0 Å². The van der Waals surface area contributed by atoms with E-state index in [1.165, 1.54) is 16.8 Å². The van der Waals surface area contributed by atoms with Crippen molar-refractivity contribution in [1.29, 1.82) is 0 Å². The SMILES string of the molecule is CC(NC1CCc2nc(Cl)ccc21)c1ccccc1N1CCOCC1. The van der Waals surface area contributed by atoms with E-state index >= 15 is 0 Å². The summed E-state index contributed by atoms with van der Waals surface area (Å²) in [5.41, 5.74) is 5.09. The number of hydrogen-bond donors (Lipinski definition) is 1. The largest absolute Gasteiger partial charge is 0.378 e. The number of rotatable bonds is 4. The Kier molecular flexibility index (Phi) is 4.93. The second-order valence-corrected chi connectivity index (χ2v) is 7.19. The van der Waals surface area contributed by atoms with Crippen LogP contribution in [0.1, 0.15) is 42.2 Å². The van der Waals surface area contributed by atoms with Gasteiger partial charge >= 0.3 is 0 Å². The number of nitrogens with one attached hydrogen (secondary N) is 1. The fraction of sp³-hybridized carbons (Fsp3) is 0.450. The van der Waals surface area contributed by atoms with Crippen LogP contribution in [0.3, 0.4) is 0 Å². The van der Waals surface area contributed by atoms with Gasteiger partial charge in [-0.15, -0.1) is 0 Å². The van der Waals surface area contributed by atoms with Crippen LogP contribution in [0.15, 0.2) is 36.4 Å². The maximum absolute atomic E-state index is 6.03. The monoisotopic (exact) mass is 357 g/mol. The average molecular weight is 358 g/mol. The van der Waals surface area contributed by atoms with Gasteiger partial charge < -0.3 is 15.0 Å². The smallest absolute Gasteiger partial charge is 0.129 e. The Hall–Kier alpha value is -1.62. The summed E-state index contributed by atoms with van der Waals surface area (Å²) in [7, 11) is 0. The third-order valence-electron chi connectivity index (χ3n) is 5.23. The molecule has 4 rings (SSSR count). The van der Waals surface area contributed by atoms with Crippen LogP contribution in [-0.4, -0.2) is 31.3 Å². The van der Waals surface area contributed by atoms with E-state index < -0.39 is 0 Å². The second-order valence-electron chi connectivity index (χ2n) is 6.81. The van der Waals surface area contributed by atoms with Gasteiger partial charge in [0, 0.05) is 36.6 Å². The van der Waals surface area contributed by atoms with Crippen molar-refractivity contribution in [2.24, 2.45) is 0 Å². The number of aromatic nitrogens is 1. The number of anilines is 1. The second kappa shape index (κ2) is 7.32. The molecule has 1 saturated heterocycles. The molecule has 1 aromatic heterocycles. The van der Waals surface area contributed by atoms with Gasteiger partial charge in [-0.2, -0.15) is 0 Å². The summed E-state index contributed by atoms with van der Waals surface area (Å²) < 4.78 is 5.50. The van der Waals surface area contributed by atoms with Crippen molar-refractivity contribution in [1.82, 2.24) is 10.3 Å². The van der Waals surface area contributed by atoms with E-state index in [9.17, 15) is 0 Å². The van der Waals surface area contributed by atoms with E-state index in [2.05, 4.69) is 52.5 Å². The van der Waals surface area contributed by atoms with Gasteiger partial charge in [0.15, 0.2) is 0 Å². The highest BCUT2D eigenvalue weighted by molar-refractivity contribution is 6.29. The number of halogens is 1. The maximum Gasteiger partial charge on any atom is 0.129 e. The minimum atomic E-state index is 0.269. The Labute approximate surface area is 154 Å². The molecule has 2 atom stereocenters. The molecule has 1 fully saturated rings. The molecule has 0 saturated carbocycles. The van der Waals surface area contributed by atoms with Crippen LogP contribution < -0.4 is 10.2 Å². The molecule has 1 aromatic carbocycles. The molecule has 4 nitrogen and oxygen atoms in total. The van der Waals surface area contributed by atoms with Gasteiger partial charge in [0.1, 0.15) is 5.15 Å². The highest BCUT2D eigenvalue weighted by atomic mass is 35.5. The first kappa shape index (κ1) is 16.8. The zero-order valence-corrected chi connectivity index (χ0v) is 15.3. The molecule has 25 heavy (non-hydrogen) atoms. The molecule has 1 aliphatic heterocycles. The van der Waals surface area contributed by atoms with Crippen molar-refractivity contribution in [2.45, 2.75) is 31.8 Å². The van der Waals surface area contributed by atoms with Crippen LogP contribution in [-0.2, 0) is 11.2 Å². The van der Waals surface area contributed by atoms with Crippen molar-refractivity contribution in [3.8, 4) is 0 Å². The highest BCUT2D eigenvalue weighted by Crippen LogP contribution is 2.34. The molecule has 2 aliphatic rings. The van der Waals surface area contributed by atoms with E-state index in [-0.39, 0.29) is 6.04 Å². The van der Waals surface area contributed by atoms with Crippen molar-refractivity contribution < 1.29 is 4.74 Å². The molecule has 1 N–H and O–H groups in total. The van der Waals surface area contributed by atoms with Gasteiger partial charge in [-0.05, 0) is 43.0 Å². The molecule has 132 valence electrons. The minimum Gasteiger partial charge on any atom is -0.378 e. The fourth-order valence-corrected chi connectivity index (χ4v) is 4.12. The van der Waals surface area contributed by atoms with Crippen molar-refractivity contribution in [3.63, 3.8) is 0 Å². The molecule has 1 aliphatic carbocycles. The summed E-state index contributed by atoms with van der Waals surface area (Å²) in [5, 5.41) is 4.40. The number of ether oxygens (including phenoxy) is 1. The predicted molar refractivity (Wildman–Crippen MR) is 101 cm³/mol. The lowest BCUT2D eigenvalue weighted by Crippen LogP contribution is -2.37. The predicted octanol–water partition coefficient (Wildman–Crippen LogP) is 3.91. The molecule has 2 aromatic rings. The lowest BCUT2D eigenvalue weighted by atomic mass is 10.0. The number of nitrogens with zero attached hydrogens (tertiary/aromatic N) is 2. The quantitative estimate of drug-likeness (QED) is 0.842. The van der Waals surface area contributed by atoms with Gasteiger partial charge in [0.05, 0.1) is 13.2 Å². The topological polar surface area (TPSA) is 37.4 Å². The van der Waals surface area contributed by atoms with Gasteiger partial charge in [-0.1, -0.05) is 35.9 Å². The van der Waals surface area contributed by atoms with Crippen molar-refractivity contribution in [3.05, 3.63) is 58.4 Å². The third-order valence-corrected chi connectivity index (χ3v) is 5.44. The lowest BCUT2D eigenvalue weighted by Gasteiger charge is -2.32. The van der Waals surface area contributed by atoms with E-state index in [0.29, 0.717) is 11.2 Å². The first-order chi connectivity index (χ1) is 12.2. The van der Waals surface area contributed by atoms with Crippen LogP contribution in [0, 0.1) is 0 Å². The summed E-state index contributed by atoms with van der Waals surface area (Å²) in [6, 6.07) is 13.3. The zero-order chi connectivity index (χ0) is 17.2. The van der Waals surface area contributed by atoms with E-state index in [4.69, 9.17) is 16.3 Å². The van der Waals surface area contributed by atoms with Crippen LogP contribution in [0.5, 0.6) is 0 Å².